The van der Waals surface area contributed by atoms with Gasteiger partial charge in [-0.15, -0.1) is 0 Å². The molecule has 1 aromatic heterocycles. The number of cyclic esters (lactones) is 1. The monoisotopic (exact) mass is 390 g/mol. The molecule has 1 saturated heterocycles. The van der Waals surface area contributed by atoms with Crippen LogP contribution in [0.1, 0.15) is 17.0 Å². The van der Waals surface area contributed by atoms with E-state index >= 15 is 4.39 Å². The van der Waals surface area contributed by atoms with E-state index in [1.807, 2.05) is 0 Å². The van der Waals surface area contributed by atoms with Crippen LogP contribution in [0, 0.1) is 28.9 Å². The minimum Gasteiger partial charge on any atom is -0.459 e. The number of esters is 1. The van der Waals surface area contributed by atoms with Gasteiger partial charge in [-0.3, -0.25) is 14.9 Å². The van der Waals surface area contributed by atoms with Crippen LogP contribution >= 0.6 is 0 Å². The number of nitrogens with zero attached hydrogens (tertiary/aromatic N) is 3. The number of H-pyrrole nitrogens is 1. The molecule has 0 saturated carbocycles. The van der Waals surface area contributed by atoms with E-state index in [2.05, 4.69) is 21.3 Å². The summed E-state index contributed by atoms with van der Waals surface area (Å²) in [6.45, 7) is -0.0288. The molecule has 3 heterocycles. The molecular formula is C21H12F2N4O2. The third-order valence-corrected chi connectivity index (χ3v) is 5.26. The molecule has 1 fully saturated rings. The van der Waals surface area contributed by atoms with Gasteiger partial charge in [0.05, 0.1) is 34.8 Å². The molecule has 0 spiro atoms. The van der Waals surface area contributed by atoms with Gasteiger partial charge < -0.3 is 4.74 Å². The van der Waals surface area contributed by atoms with E-state index in [9.17, 15) is 14.4 Å². The highest BCUT2D eigenvalue weighted by Gasteiger charge is 2.46. The summed E-state index contributed by atoms with van der Waals surface area (Å²) in [6.07, 6.45) is 1.54. The van der Waals surface area contributed by atoms with Crippen molar-refractivity contribution in [1.82, 2.24) is 10.2 Å². The molecule has 0 bridgehead atoms. The zero-order valence-electron chi connectivity index (χ0n) is 14.8. The fraction of sp³-hybridized carbons (Fsp3) is 0.143. The molecule has 2 aliphatic heterocycles. The first-order valence-electron chi connectivity index (χ1n) is 8.83. The highest BCUT2D eigenvalue weighted by Crippen LogP contribution is 2.45. The molecule has 1 N–H and O–H groups in total. The van der Waals surface area contributed by atoms with Crippen molar-refractivity contribution in [3.8, 4) is 6.07 Å². The average Bonchev–Trinajstić information content (AvgIpc) is 3.32. The van der Waals surface area contributed by atoms with Crippen molar-refractivity contribution in [3.05, 3.63) is 70.9 Å². The first-order valence-corrected chi connectivity index (χ1v) is 8.83. The number of aromatic amines is 1. The van der Waals surface area contributed by atoms with Crippen molar-refractivity contribution in [3.63, 3.8) is 0 Å². The Morgan fingerprint density at radius 1 is 1.17 bits per heavy atom. The third-order valence-electron chi connectivity index (χ3n) is 5.26. The number of benzene rings is 2. The second kappa shape index (κ2) is 6.34. The lowest BCUT2D eigenvalue weighted by Crippen LogP contribution is -2.29. The Kier molecular flexibility index (Phi) is 3.77. The number of halogens is 2. The van der Waals surface area contributed by atoms with Gasteiger partial charge in [0, 0.05) is 16.9 Å². The number of allylic oxidation sites excluding steroid dienone is 1. The number of fused-ring (bicyclic) bond motifs is 2. The second-order valence-corrected chi connectivity index (χ2v) is 6.88. The summed E-state index contributed by atoms with van der Waals surface area (Å²) in [5.41, 5.74) is 2.03. The molecule has 2 aromatic carbocycles. The zero-order chi connectivity index (χ0) is 20.1. The van der Waals surface area contributed by atoms with Gasteiger partial charge in [-0.25, -0.2) is 8.78 Å². The average molecular weight is 390 g/mol. The van der Waals surface area contributed by atoms with Gasteiger partial charge in [0.15, 0.2) is 0 Å². The molecule has 0 aliphatic carbocycles. The fourth-order valence-corrected chi connectivity index (χ4v) is 3.92. The van der Waals surface area contributed by atoms with Gasteiger partial charge in [-0.1, -0.05) is 0 Å². The predicted octanol–water partition coefficient (Wildman–Crippen LogP) is 3.49. The van der Waals surface area contributed by atoms with Gasteiger partial charge in [0.2, 0.25) is 0 Å². The molecule has 142 valence electrons. The van der Waals surface area contributed by atoms with Crippen LogP contribution in [0.25, 0.3) is 16.6 Å². The topological polar surface area (TPSA) is 91.1 Å². The van der Waals surface area contributed by atoms with Crippen LogP contribution < -0.4 is 0 Å². The Bertz CT molecular complexity index is 1270. The third kappa shape index (κ3) is 2.63. The quantitative estimate of drug-likeness (QED) is 0.678. The lowest BCUT2D eigenvalue weighted by molar-refractivity contribution is -0.141. The van der Waals surface area contributed by atoms with Crippen molar-refractivity contribution in [2.24, 2.45) is 10.9 Å². The molecule has 29 heavy (non-hydrogen) atoms. The van der Waals surface area contributed by atoms with Crippen LogP contribution in [0.2, 0.25) is 0 Å². The minimum atomic E-state index is -0.901. The molecule has 5 rings (SSSR count). The first-order chi connectivity index (χ1) is 14.1. The van der Waals surface area contributed by atoms with Crippen molar-refractivity contribution < 1.29 is 18.3 Å². The molecule has 2 aliphatic rings. The summed E-state index contributed by atoms with van der Waals surface area (Å²) in [5, 5.41) is 17.2. The maximum absolute atomic E-state index is 15.0. The summed E-state index contributed by atoms with van der Waals surface area (Å²) < 4.78 is 33.6. The predicted molar refractivity (Wildman–Crippen MR) is 99.6 cm³/mol. The molecular weight excluding hydrogens is 378 g/mol. The number of nitrogens with one attached hydrogen (secondary N) is 1. The highest BCUT2D eigenvalue weighted by molar-refractivity contribution is 6.12. The summed E-state index contributed by atoms with van der Waals surface area (Å²) in [4.78, 5) is 16.9. The molecule has 2 atom stereocenters. The van der Waals surface area contributed by atoms with Crippen LogP contribution in [-0.4, -0.2) is 28.5 Å². The van der Waals surface area contributed by atoms with Crippen LogP contribution in [0.5, 0.6) is 0 Å². The minimum absolute atomic E-state index is 0.0288. The molecule has 0 amide bonds. The number of carbonyl (C=O) groups excluding carboxylic acids is 1. The van der Waals surface area contributed by atoms with Crippen molar-refractivity contribution >= 4 is 28.3 Å². The van der Waals surface area contributed by atoms with E-state index in [0.717, 1.165) is 0 Å². The molecule has 8 heteroatoms. The number of hydrogen-bond acceptors (Lipinski definition) is 5. The van der Waals surface area contributed by atoms with E-state index in [4.69, 9.17) is 4.74 Å². The van der Waals surface area contributed by atoms with Gasteiger partial charge >= 0.3 is 5.97 Å². The standard InChI is InChI=1S/C21H12F2N4O2/c22-12-3-1-10(2-4-12)20-14(7-24)18(19-17(26-20)9-29-21(19)28)13-5-11-8-25-27-16(11)6-15(13)23/h1-6,8,18-19H,9H2,(H,25,27). The second-order valence-electron chi connectivity index (χ2n) is 6.88. The van der Waals surface area contributed by atoms with Crippen molar-refractivity contribution in [1.29, 1.82) is 5.26 Å². The van der Waals surface area contributed by atoms with E-state index in [-0.39, 0.29) is 23.4 Å². The van der Waals surface area contributed by atoms with Crippen LogP contribution in [0.15, 0.2) is 53.2 Å². The number of rotatable bonds is 2. The van der Waals surface area contributed by atoms with Crippen LogP contribution in [0.3, 0.4) is 0 Å². The number of ether oxygens (including phenoxy) is 1. The number of aromatic nitrogens is 2. The Labute approximate surface area is 163 Å². The van der Waals surface area contributed by atoms with Crippen LogP contribution in [0.4, 0.5) is 8.78 Å². The van der Waals surface area contributed by atoms with Gasteiger partial charge in [-0.05, 0) is 42.0 Å². The Hall–Kier alpha value is -3.86. The van der Waals surface area contributed by atoms with Gasteiger partial charge in [0.1, 0.15) is 24.2 Å². The largest absolute Gasteiger partial charge is 0.459 e. The lowest BCUT2D eigenvalue weighted by Gasteiger charge is -2.27. The van der Waals surface area contributed by atoms with E-state index < -0.39 is 29.4 Å². The molecule has 0 radical (unpaired) electrons. The summed E-state index contributed by atoms with van der Waals surface area (Å²) >= 11 is 0. The molecule has 6 nitrogen and oxygen atoms in total. The van der Waals surface area contributed by atoms with Crippen molar-refractivity contribution in [2.45, 2.75) is 5.92 Å². The van der Waals surface area contributed by atoms with E-state index in [1.54, 1.807) is 12.3 Å². The number of aliphatic imine (C=N–C) groups is 1. The number of hydrogen-bond donors (Lipinski definition) is 1. The number of nitriles is 1. The lowest BCUT2D eigenvalue weighted by atomic mass is 9.75. The Balaban J connectivity index is 1.77. The van der Waals surface area contributed by atoms with E-state index in [1.165, 1.54) is 30.3 Å². The van der Waals surface area contributed by atoms with Crippen LogP contribution in [-0.2, 0) is 9.53 Å². The first kappa shape index (κ1) is 17.3. The summed E-state index contributed by atoms with van der Waals surface area (Å²) in [6, 6.07) is 10.5. The molecule has 2 unspecified atom stereocenters. The smallest absolute Gasteiger partial charge is 0.316 e. The Morgan fingerprint density at radius 3 is 2.72 bits per heavy atom. The normalized spacial score (nSPS) is 21.0. The maximum atomic E-state index is 15.0. The number of carbonyl (C=O) groups is 1. The maximum Gasteiger partial charge on any atom is 0.316 e. The van der Waals surface area contributed by atoms with Crippen molar-refractivity contribution in [2.75, 3.05) is 6.61 Å². The highest BCUT2D eigenvalue weighted by atomic mass is 19.1. The SMILES string of the molecule is N#CC1=C(c2ccc(F)cc2)N=C2COC(=O)C2C1c1cc2cn[nH]c2cc1F. The molecule has 3 aromatic rings. The Morgan fingerprint density at radius 2 is 1.97 bits per heavy atom. The van der Waals surface area contributed by atoms with Gasteiger partial charge in [0.25, 0.3) is 0 Å². The summed E-state index contributed by atoms with van der Waals surface area (Å²) in [5.74, 6) is -3.33. The summed E-state index contributed by atoms with van der Waals surface area (Å²) in [7, 11) is 0. The fourth-order valence-electron chi connectivity index (χ4n) is 3.92. The van der Waals surface area contributed by atoms with Gasteiger partial charge in [-0.2, -0.15) is 10.4 Å². The van der Waals surface area contributed by atoms with E-state index in [0.29, 0.717) is 22.2 Å². The zero-order valence-corrected chi connectivity index (χ0v) is 14.8.